The highest BCUT2D eigenvalue weighted by atomic mass is 35.5. The van der Waals surface area contributed by atoms with Gasteiger partial charge in [-0.05, 0) is 60.0 Å². The zero-order valence-electron chi connectivity index (χ0n) is 16.7. The molecule has 0 aromatic heterocycles. The first-order valence-electron chi connectivity index (χ1n) is 9.49. The molecule has 30 heavy (non-hydrogen) atoms. The van der Waals surface area contributed by atoms with Crippen LogP contribution in [0.3, 0.4) is 0 Å². The molecule has 0 bridgehead atoms. The van der Waals surface area contributed by atoms with Gasteiger partial charge >= 0.3 is 5.97 Å². The topological polar surface area (TPSA) is 78.9 Å². The third-order valence-corrected chi connectivity index (χ3v) is 7.17. The van der Waals surface area contributed by atoms with Crippen LogP contribution in [0.5, 0.6) is 0 Å². The van der Waals surface area contributed by atoms with Crippen molar-refractivity contribution in [2.45, 2.75) is 32.4 Å². The van der Waals surface area contributed by atoms with Gasteiger partial charge in [-0.25, -0.2) is 9.79 Å². The molecule has 0 fully saturated rings. The number of hydrogen-bond acceptors (Lipinski definition) is 5. The molecule has 0 saturated carbocycles. The van der Waals surface area contributed by atoms with E-state index in [0.29, 0.717) is 25.8 Å². The molecule has 0 saturated heterocycles. The van der Waals surface area contributed by atoms with Gasteiger partial charge in [-0.15, -0.1) is 0 Å². The number of hydrogen-bond donors (Lipinski definition) is 2. The van der Waals surface area contributed by atoms with Crippen molar-refractivity contribution in [3.8, 4) is 0 Å². The summed E-state index contributed by atoms with van der Waals surface area (Å²) in [5, 5.41) is 11.6. The zero-order chi connectivity index (χ0) is 21.8. The van der Waals surface area contributed by atoms with Gasteiger partial charge in [-0.3, -0.25) is 0 Å². The molecule has 2 aliphatic heterocycles. The van der Waals surface area contributed by atoms with Gasteiger partial charge in [-0.1, -0.05) is 55.2 Å². The Labute approximate surface area is 189 Å². The summed E-state index contributed by atoms with van der Waals surface area (Å²) in [7, 11) is 0. The number of nitrogens with zero attached hydrogens (tertiary/aromatic N) is 2. The molecule has 2 aromatic carbocycles. The molecule has 2 atom stereocenters. The number of rotatable bonds is 4. The quantitative estimate of drug-likeness (QED) is 0.553. The molecule has 2 aromatic rings. The standard InChI is InChI=1S/C22H21Cl2N3O2S/c1-11(2)17-18(20(28)29)30-21-26-22(3,13-6-9-15(24)16(25)10-13)19(27(17)21)12-4-7-14(23)8-5-12/h4-11,19H,25H2,1-3H3,(H,28,29)/t19-,22+/m1/s1. The first-order chi connectivity index (χ1) is 14.1. The highest BCUT2D eigenvalue weighted by Crippen LogP contribution is 2.56. The molecule has 3 N–H and O–H groups in total. The Balaban J connectivity index is 1.93. The van der Waals surface area contributed by atoms with Crippen molar-refractivity contribution in [3.05, 3.63) is 74.2 Å². The number of benzene rings is 2. The number of fused-ring (bicyclic) bond motifs is 1. The lowest BCUT2D eigenvalue weighted by Crippen LogP contribution is -2.36. The largest absolute Gasteiger partial charge is 0.477 e. The van der Waals surface area contributed by atoms with Crippen LogP contribution in [0.1, 0.15) is 37.9 Å². The van der Waals surface area contributed by atoms with Crippen molar-refractivity contribution in [2.75, 3.05) is 5.73 Å². The van der Waals surface area contributed by atoms with Gasteiger partial charge in [0.25, 0.3) is 0 Å². The second kappa shape index (κ2) is 7.52. The molecule has 2 aliphatic rings. The summed E-state index contributed by atoms with van der Waals surface area (Å²) >= 11 is 13.5. The van der Waals surface area contributed by atoms with E-state index < -0.39 is 11.5 Å². The van der Waals surface area contributed by atoms with Crippen LogP contribution < -0.4 is 5.73 Å². The van der Waals surface area contributed by atoms with E-state index in [0.717, 1.165) is 16.8 Å². The zero-order valence-corrected chi connectivity index (χ0v) is 19.0. The average Bonchev–Trinajstić information content (AvgIpc) is 3.17. The maximum atomic E-state index is 11.9. The van der Waals surface area contributed by atoms with Crippen molar-refractivity contribution in [1.29, 1.82) is 0 Å². The lowest BCUT2D eigenvalue weighted by atomic mass is 9.81. The molecule has 4 rings (SSSR count). The van der Waals surface area contributed by atoms with Crippen molar-refractivity contribution in [2.24, 2.45) is 10.9 Å². The van der Waals surface area contributed by atoms with Crippen LogP contribution in [-0.4, -0.2) is 21.1 Å². The maximum absolute atomic E-state index is 11.9. The fourth-order valence-electron chi connectivity index (χ4n) is 4.14. The van der Waals surface area contributed by atoms with Crippen molar-refractivity contribution < 1.29 is 9.90 Å². The maximum Gasteiger partial charge on any atom is 0.344 e. The lowest BCUT2D eigenvalue weighted by Gasteiger charge is -2.37. The molecule has 0 aliphatic carbocycles. The van der Waals surface area contributed by atoms with Crippen LogP contribution in [0.25, 0.3) is 0 Å². The van der Waals surface area contributed by atoms with Crippen molar-refractivity contribution in [3.63, 3.8) is 0 Å². The molecule has 0 radical (unpaired) electrons. The molecular formula is C22H21Cl2N3O2S. The third kappa shape index (κ3) is 3.27. The fraction of sp³-hybridized carbons (Fsp3) is 0.273. The molecule has 8 heteroatoms. The second-order valence-electron chi connectivity index (χ2n) is 7.88. The number of nitrogen functional groups attached to an aromatic ring is 1. The lowest BCUT2D eigenvalue weighted by molar-refractivity contribution is -0.131. The van der Waals surface area contributed by atoms with Gasteiger partial charge in [0.2, 0.25) is 0 Å². The van der Waals surface area contributed by atoms with Crippen LogP contribution in [0, 0.1) is 5.92 Å². The number of amidine groups is 1. The molecule has 0 spiro atoms. The summed E-state index contributed by atoms with van der Waals surface area (Å²) in [5.41, 5.74) is 8.54. The van der Waals surface area contributed by atoms with Crippen molar-refractivity contribution in [1.82, 2.24) is 4.90 Å². The van der Waals surface area contributed by atoms with Gasteiger partial charge in [-0.2, -0.15) is 0 Å². The first kappa shape index (κ1) is 21.1. The fourth-order valence-corrected chi connectivity index (χ4v) is 5.63. The minimum atomic E-state index is -0.937. The monoisotopic (exact) mass is 461 g/mol. The van der Waals surface area contributed by atoms with Crippen LogP contribution in [0.15, 0.2) is 58.1 Å². The van der Waals surface area contributed by atoms with E-state index in [1.54, 1.807) is 6.07 Å². The summed E-state index contributed by atoms with van der Waals surface area (Å²) in [6.45, 7) is 6.03. The highest BCUT2D eigenvalue weighted by Gasteiger charge is 2.53. The van der Waals surface area contributed by atoms with Gasteiger partial charge in [0.15, 0.2) is 5.17 Å². The highest BCUT2D eigenvalue weighted by molar-refractivity contribution is 8.18. The van der Waals surface area contributed by atoms with E-state index in [4.69, 9.17) is 33.9 Å². The number of carbonyl (C=O) groups is 1. The van der Waals surface area contributed by atoms with Gasteiger partial charge < -0.3 is 15.7 Å². The van der Waals surface area contributed by atoms with E-state index in [1.165, 1.54) is 11.8 Å². The number of anilines is 1. The Morgan fingerprint density at radius 2 is 1.90 bits per heavy atom. The van der Waals surface area contributed by atoms with E-state index in [-0.39, 0.29) is 12.0 Å². The Kier molecular flexibility index (Phi) is 5.29. The summed E-state index contributed by atoms with van der Waals surface area (Å²) in [6, 6.07) is 12.9. The molecular weight excluding hydrogens is 441 g/mol. The number of aliphatic carboxylic acids is 1. The smallest absolute Gasteiger partial charge is 0.344 e. The first-order valence-corrected chi connectivity index (χ1v) is 11.1. The number of nitrogens with two attached hydrogens (primary N) is 1. The molecule has 0 unspecified atom stereocenters. The predicted octanol–water partition coefficient (Wildman–Crippen LogP) is 5.90. The van der Waals surface area contributed by atoms with Crippen LogP contribution in [-0.2, 0) is 10.3 Å². The minimum absolute atomic E-state index is 0.00346. The van der Waals surface area contributed by atoms with E-state index in [9.17, 15) is 9.90 Å². The molecule has 156 valence electrons. The van der Waals surface area contributed by atoms with Crippen molar-refractivity contribution >= 4 is 51.8 Å². The Morgan fingerprint density at radius 3 is 2.47 bits per heavy atom. The Bertz CT molecular complexity index is 1100. The summed E-state index contributed by atoms with van der Waals surface area (Å²) in [4.78, 5) is 19.4. The number of carboxylic acid groups (broad SMARTS) is 1. The Hall–Kier alpha value is -2.15. The van der Waals surface area contributed by atoms with Crippen LogP contribution in [0.2, 0.25) is 10.0 Å². The molecule has 0 amide bonds. The van der Waals surface area contributed by atoms with Crippen LogP contribution in [0.4, 0.5) is 5.69 Å². The number of halogens is 2. The van der Waals surface area contributed by atoms with Crippen LogP contribution >= 0.6 is 35.0 Å². The van der Waals surface area contributed by atoms with E-state index >= 15 is 0 Å². The predicted molar refractivity (Wildman–Crippen MR) is 124 cm³/mol. The summed E-state index contributed by atoms with van der Waals surface area (Å²) in [5.74, 6) is -0.933. The SMILES string of the molecule is CC(C)C1=C(C(=O)O)SC2=N[C@@](C)(c3ccc(Cl)c(N)c3)[C@@H](c3ccc(Cl)cc3)N21. The molecule has 5 nitrogen and oxygen atoms in total. The van der Waals surface area contributed by atoms with Gasteiger partial charge in [0.1, 0.15) is 10.4 Å². The minimum Gasteiger partial charge on any atom is -0.477 e. The van der Waals surface area contributed by atoms with E-state index in [2.05, 4.69) is 4.90 Å². The summed E-state index contributed by atoms with van der Waals surface area (Å²) < 4.78 is 0. The van der Waals surface area contributed by atoms with Gasteiger partial charge in [0, 0.05) is 10.7 Å². The number of allylic oxidation sites excluding steroid dienone is 1. The third-order valence-electron chi connectivity index (χ3n) is 5.52. The average molecular weight is 462 g/mol. The second-order valence-corrected chi connectivity index (χ2v) is 9.70. The Morgan fingerprint density at radius 1 is 1.23 bits per heavy atom. The normalized spacial score (nSPS) is 23.2. The summed E-state index contributed by atoms with van der Waals surface area (Å²) in [6.07, 6.45) is 0. The van der Waals surface area contributed by atoms with Gasteiger partial charge in [0.05, 0.1) is 16.8 Å². The number of aliphatic imine (C=N–C) groups is 1. The number of carboxylic acids is 1. The van der Waals surface area contributed by atoms with E-state index in [1.807, 2.05) is 57.2 Å². The number of thioether (sulfide) groups is 1. The molecule has 2 heterocycles.